The molecule has 3 rings (SSSR count). The van der Waals surface area contributed by atoms with Crippen LogP contribution >= 0.6 is 0 Å². The SMILES string of the molecule is CCOc1cccc(S(=O)(=O)NCc2ccc3c(c2)CNC3)c1. The molecule has 0 saturated heterocycles. The molecule has 0 amide bonds. The predicted octanol–water partition coefficient (Wildman–Crippen LogP) is 2.17. The van der Waals surface area contributed by atoms with E-state index in [-0.39, 0.29) is 11.4 Å². The van der Waals surface area contributed by atoms with E-state index in [1.165, 1.54) is 11.1 Å². The van der Waals surface area contributed by atoms with Gasteiger partial charge < -0.3 is 10.1 Å². The molecule has 0 radical (unpaired) electrons. The molecule has 1 aliphatic rings. The van der Waals surface area contributed by atoms with Crippen molar-refractivity contribution in [1.82, 2.24) is 10.0 Å². The van der Waals surface area contributed by atoms with E-state index in [1.54, 1.807) is 24.3 Å². The maximum Gasteiger partial charge on any atom is 0.241 e. The van der Waals surface area contributed by atoms with Gasteiger partial charge in [-0.1, -0.05) is 24.3 Å². The maximum absolute atomic E-state index is 12.4. The summed E-state index contributed by atoms with van der Waals surface area (Å²) in [5.74, 6) is 0.555. The lowest BCUT2D eigenvalue weighted by atomic mass is 10.1. The van der Waals surface area contributed by atoms with Crippen molar-refractivity contribution in [3.63, 3.8) is 0 Å². The second-order valence-corrected chi connectivity index (χ2v) is 7.21. The fourth-order valence-electron chi connectivity index (χ4n) is 2.62. The van der Waals surface area contributed by atoms with Gasteiger partial charge in [-0.05, 0) is 35.7 Å². The lowest BCUT2D eigenvalue weighted by Gasteiger charge is -2.10. The Labute approximate surface area is 136 Å². The van der Waals surface area contributed by atoms with Gasteiger partial charge in [0.25, 0.3) is 0 Å². The van der Waals surface area contributed by atoms with Gasteiger partial charge in [-0.25, -0.2) is 13.1 Å². The first-order valence-electron chi connectivity index (χ1n) is 7.62. The van der Waals surface area contributed by atoms with Crippen LogP contribution in [-0.2, 0) is 29.7 Å². The van der Waals surface area contributed by atoms with Crippen molar-refractivity contribution in [3.05, 3.63) is 59.2 Å². The summed E-state index contributed by atoms with van der Waals surface area (Å²) < 4.78 is 32.8. The third kappa shape index (κ3) is 3.72. The minimum Gasteiger partial charge on any atom is -0.494 e. The summed E-state index contributed by atoms with van der Waals surface area (Å²) >= 11 is 0. The number of sulfonamides is 1. The largest absolute Gasteiger partial charge is 0.494 e. The Hall–Kier alpha value is -1.89. The number of hydrogen-bond acceptors (Lipinski definition) is 4. The monoisotopic (exact) mass is 332 g/mol. The first-order chi connectivity index (χ1) is 11.1. The van der Waals surface area contributed by atoms with Gasteiger partial charge in [0.15, 0.2) is 0 Å². The molecule has 0 unspecified atom stereocenters. The molecule has 0 saturated carbocycles. The lowest BCUT2D eigenvalue weighted by molar-refractivity contribution is 0.339. The van der Waals surface area contributed by atoms with E-state index in [2.05, 4.69) is 22.2 Å². The van der Waals surface area contributed by atoms with E-state index in [4.69, 9.17) is 4.74 Å². The topological polar surface area (TPSA) is 67.4 Å². The number of benzene rings is 2. The van der Waals surface area contributed by atoms with E-state index >= 15 is 0 Å². The zero-order valence-electron chi connectivity index (χ0n) is 13.0. The number of fused-ring (bicyclic) bond motifs is 1. The smallest absolute Gasteiger partial charge is 0.241 e. The fourth-order valence-corrected chi connectivity index (χ4v) is 3.67. The highest BCUT2D eigenvalue weighted by molar-refractivity contribution is 7.89. The Morgan fingerprint density at radius 2 is 1.96 bits per heavy atom. The molecule has 0 aromatic heterocycles. The highest BCUT2D eigenvalue weighted by Crippen LogP contribution is 2.19. The molecule has 0 atom stereocenters. The average Bonchev–Trinajstić information content (AvgIpc) is 3.01. The molecule has 0 aliphatic carbocycles. The summed E-state index contributed by atoms with van der Waals surface area (Å²) in [5.41, 5.74) is 3.47. The number of hydrogen-bond donors (Lipinski definition) is 2. The van der Waals surface area contributed by atoms with Crippen LogP contribution in [0.3, 0.4) is 0 Å². The molecule has 0 spiro atoms. The summed E-state index contributed by atoms with van der Waals surface area (Å²) in [4.78, 5) is 0.214. The van der Waals surface area contributed by atoms with Crippen LogP contribution in [0.4, 0.5) is 0 Å². The molecule has 2 N–H and O–H groups in total. The van der Waals surface area contributed by atoms with Crippen LogP contribution in [0.2, 0.25) is 0 Å². The van der Waals surface area contributed by atoms with Crippen LogP contribution in [-0.4, -0.2) is 15.0 Å². The minimum atomic E-state index is -3.56. The van der Waals surface area contributed by atoms with Gasteiger partial charge >= 0.3 is 0 Å². The van der Waals surface area contributed by atoms with Gasteiger partial charge in [0.2, 0.25) is 10.0 Å². The van der Waals surface area contributed by atoms with Gasteiger partial charge in [0.1, 0.15) is 5.75 Å². The second kappa shape index (κ2) is 6.70. The molecule has 23 heavy (non-hydrogen) atoms. The van der Waals surface area contributed by atoms with Crippen molar-refractivity contribution in [2.24, 2.45) is 0 Å². The molecule has 2 aromatic rings. The first-order valence-corrected chi connectivity index (χ1v) is 9.11. The van der Waals surface area contributed by atoms with Gasteiger partial charge in [0, 0.05) is 25.7 Å². The van der Waals surface area contributed by atoms with Gasteiger partial charge in [-0.3, -0.25) is 0 Å². The quantitative estimate of drug-likeness (QED) is 0.851. The molecule has 0 bridgehead atoms. The van der Waals surface area contributed by atoms with Gasteiger partial charge in [-0.2, -0.15) is 0 Å². The third-order valence-electron chi connectivity index (χ3n) is 3.79. The lowest BCUT2D eigenvalue weighted by Crippen LogP contribution is -2.23. The minimum absolute atomic E-state index is 0.214. The van der Waals surface area contributed by atoms with E-state index in [0.29, 0.717) is 12.4 Å². The fraction of sp³-hybridized carbons (Fsp3) is 0.294. The molecular formula is C17H20N2O3S. The molecule has 2 aromatic carbocycles. The Bertz CT molecular complexity index is 803. The summed E-state index contributed by atoms with van der Waals surface area (Å²) in [6, 6.07) is 12.6. The van der Waals surface area contributed by atoms with Gasteiger partial charge in [0.05, 0.1) is 11.5 Å². The third-order valence-corrected chi connectivity index (χ3v) is 5.19. The normalized spacial score (nSPS) is 13.8. The molecule has 6 heteroatoms. The number of rotatable bonds is 6. The zero-order chi connectivity index (χ0) is 16.3. The number of nitrogens with one attached hydrogen (secondary N) is 2. The van der Waals surface area contributed by atoms with Crippen molar-refractivity contribution in [3.8, 4) is 5.75 Å². The molecular weight excluding hydrogens is 312 g/mol. The van der Waals surface area contributed by atoms with Crippen molar-refractivity contribution in [1.29, 1.82) is 0 Å². The Balaban J connectivity index is 1.72. The molecule has 1 aliphatic heterocycles. The summed E-state index contributed by atoms with van der Waals surface area (Å²) in [5, 5.41) is 3.28. The van der Waals surface area contributed by atoms with Crippen molar-refractivity contribution in [2.45, 2.75) is 31.5 Å². The Morgan fingerprint density at radius 1 is 1.13 bits per heavy atom. The summed E-state index contributed by atoms with van der Waals surface area (Å²) in [6.45, 7) is 4.36. The maximum atomic E-state index is 12.4. The van der Waals surface area contributed by atoms with E-state index in [1.807, 2.05) is 13.0 Å². The highest BCUT2D eigenvalue weighted by Gasteiger charge is 2.15. The standard InChI is InChI=1S/C17H20N2O3S/c1-2-22-16-4-3-5-17(9-16)23(20,21)19-10-13-6-7-14-11-18-12-15(14)8-13/h3-9,18-19H,2,10-12H2,1H3. The van der Waals surface area contributed by atoms with E-state index < -0.39 is 10.0 Å². The Kier molecular flexibility index (Phi) is 4.66. The first kappa shape index (κ1) is 16.0. The van der Waals surface area contributed by atoms with Crippen LogP contribution in [0, 0.1) is 0 Å². The van der Waals surface area contributed by atoms with Crippen LogP contribution in [0.25, 0.3) is 0 Å². The summed E-state index contributed by atoms with van der Waals surface area (Å²) in [7, 11) is -3.56. The van der Waals surface area contributed by atoms with Crippen molar-refractivity contribution in [2.75, 3.05) is 6.61 Å². The predicted molar refractivity (Wildman–Crippen MR) is 88.6 cm³/mol. The molecule has 5 nitrogen and oxygen atoms in total. The molecule has 122 valence electrons. The summed E-state index contributed by atoms with van der Waals surface area (Å²) in [6.07, 6.45) is 0. The van der Waals surface area contributed by atoms with E-state index in [9.17, 15) is 8.42 Å². The highest BCUT2D eigenvalue weighted by atomic mass is 32.2. The van der Waals surface area contributed by atoms with Crippen molar-refractivity contribution < 1.29 is 13.2 Å². The number of ether oxygens (including phenoxy) is 1. The average molecular weight is 332 g/mol. The van der Waals surface area contributed by atoms with Crippen LogP contribution in [0.5, 0.6) is 5.75 Å². The van der Waals surface area contributed by atoms with E-state index in [0.717, 1.165) is 18.7 Å². The van der Waals surface area contributed by atoms with Crippen LogP contribution in [0.15, 0.2) is 47.4 Å². The van der Waals surface area contributed by atoms with Gasteiger partial charge in [-0.15, -0.1) is 0 Å². The Morgan fingerprint density at radius 3 is 2.78 bits per heavy atom. The van der Waals surface area contributed by atoms with Crippen LogP contribution in [0.1, 0.15) is 23.6 Å². The molecule has 1 heterocycles. The second-order valence-electron chi connectivity index (χ2n) is 5.44. The van der Waals surface area contributed by atoms with Crippen LogP contribution < -0.4 is 14.8 Å². The zero-order valence-corrected chi connectivity index (χ0v) is 13.8. The van der Waals surface area contributed by atoms with Crippen molar-refractivity contribution >= 4 is 10.0 Å². The molecule has 0 fully saturated rings.